The van der Waals surface area contributed by atoms with Crippen LogP contribution in [-0.4, -0.2) is 19.6 Å². The predicted octanol–water partition coefficient (Wildman–Crippen LogP) is 2.93. The third kappa shape index (κ3) is 2.20. The molecule has 0 amide bonds. The zero-order valence-corrected chi connectivity index (χ0v) is 11.5. The monoisotopic (exact) mass is 271 g/mol. The van der Waals surface area contributed by atoms with Gasteiger partial charge in [-0.2, -0.15) is 9.50 Å². The minimum atomic E-state index is -0.244. The van der Waals surface area contributed by atoms with Crippen LogP contribution in [0, 0.1) is 26.6 Å². The zero-order valence-electron chi connectivity index (χ0n) is 11.5. The highest BCUT2D eigenvalue weighted by molar-refractivity contribution is 5.59. The molecule has 2 aromatic heterocycles. The summed E-state index contributed by atoms with van der Waals surface area (Å²) < 4.78 is 15.2. The van der Waals surface area contributed by atoms with Gasteiger partial charge < -0.3 is 5.32 Å². The topological polar surface area (TPSA) is 55.1 Å². The molecule has 0 fully saturated rings. The first-order chi connectivity index (χ1) is 9.52. The number of aryl methyl sites for hydroxylation is 3. The van der Waals surface area contributed by atoms with Crippen LogP contribution >= 0.6 is 0 Å². The van der Waals surface area contributed by atoms with Crippen molar-refractivity contribution in [1.29, 1.82) is 0 Å². The van der Waals surface area contributed by atoms with E-state index in [2.05, 4.69) is 20.4 Å². The molecule has 1 N–H and O–H groups in total. The molecule has 0 aliphatic carbocycles. The molecule has 1 aromatic carbocycles. The van der Waals surface area contributed by atoms with E-state index in [9.17, 15) is 4.39 Å². The molecule has 3 aromatic rings. The average Bonchev–Trinajstić information content (AvgIpc) is 2.74. The lowest BCUT2D eigenvalue weighted by atomic mass is 10.2. The van der Waals surface area contributed by atoms with Crippen LogP contribution < -0.4 is 5.32 Å². The molecular weight excluding hydrogens is 257 g/mol. The van der Waals surface area contributed by atoms with Crippen molar-refractivity contribution < 1.29 is 4.39 Å². The standard InChI is InChI=1S/C14H14FN5/c1-8-4-5-11(7-12(8)15)18-13-6-9(2)16-14-17-10(3)19-20(13)14/h4-7,18H,1-3H3. The molecule has 0 bridgehead atoms. The molecule has 102 valence electrons. The first-order valence-corrected chi connectivity index (χ1v) is 6.27. The number of hydrogen-bond donors (Lipinski definition) is 1. The number of nitrogens with one attached hydrogen (secondary N) is 1. The Bertz CT molecular complexity index is 794. The summed E-state index contributed by atoms with van der Waals surface area (Å²) in [6.07, 6.45) is 0. The maximum atomic E-state index is 13.6. The molecule has 0 atom stereocenters. The smallest absolute Gasteiger partial charge is 0.254 e. The fourth-order valence-electron chi connectivity index (χ4n) is 1.99. The van der Waals surface area contributed by atoms with Gasteiger partial charge >= 0.3 is 0 Å². The molecule has 3 rings (SSSR count). The second-order valence-corrected chi connectivity index (χ2v) is 4.74. The summed E-state index contributed by atoms with van der Waals surface area (Å²) in [4.78, 5) is 8.54. The first kappa shape index (κ1) is 12.5. The molecule has 5 nitrogen and oxygen atoms in total. The second kappa shape index (κ2) is 4.56. The molecule has 0 aliphatic rings. The summed E-state index contributed by atoms with van der Waals surface area (Å²) in [7, 11) is 0. The van der Waals surface area contributed by atoms with E-state index in [1.165, 1.54) is 6.07 Å². The third-order valence-electron chi connectivity index (χ3n) is 2.99. The lowest BCUT2D eigenvalue weighted by Gasteiger charge is -2.09. The van der Waals surface area contributed by atoms with Gasteiger partial charge in [0.25, 0.3) is 5.78 Å². The Hall–Kier alpha value is -2.50. The number of aromatic nitrogens is 4. The van der Waals surface area contributed by atoms with Gasteiger partial charge in [-0.05, 0) is 38.5 Å². The number of anilines is 2. The van der Waals surface area contributed by atoms with Gasteiger partial charge in [0.2, 0.25) is 0 Å². The normalized spacial score (nSPS) is 11.0. The van der Waals surface area contributed by atoms with E-state index in [1.54, 1.807) is 24.4 Å². The number of fused-ring (bicyclic) bond motifs is 1. The summed E-state index contributed by atoms with van der Waals surface area (Å²) >= 11 is 0. The lowest BCUT2D eigenvalue weighted by molar-refractivity contribution is 0.619. The van der Waals surface area contributed by atoms with Crippen molar-refractivity contribution in [2.75, 3.05) is 5.32 Å². The quantitative estimate of drug-likeness (QED) is 0.778. The third-order valence-corrected chi connectivity index (χ3v) is 2.99. The number of nitrogens with zero attached hydrogens (tertiary/aromatic N) is 4. The van der Waals surface area contributed by atoms with Crippen molar-refractivity contribution in [3.8, 4) is 0 Å². The highest BCUT2D eigenvalue weighted by Gasteiger charge is 2.08. The fraction of sp³-hybridized carbons (Fsp3) is 0.214. The van der Waals surface area contributed by atoms with Crippen LogP contribution in [0.4, 0.5) is 15.9 Å². The molecule has 0 spiro atoms. The van der Waals surface area contributed by atoms with E-state index in [4.69, 9.17) is 0 Å². The molecule has 2 heterocycles. The van der Waals surface area contributed by atoms with E-state index >= 15 is 0 Å². The van der Waals surface area contributed by atoms with Crippen LogP contribution in [0.25, 0.3) is 5.78 Å². The Kier molecular flexibility index (Phi) is 2.85. The van der Waals surface area contributed by atoms with Crippen molar-refractivity contribution in [1.82, 2.24) is 19.6 Å². The number of hydrogen-bond acceptors (Lipinski definition) is 4. The van der Waals surface area contributed by atoms with E-state index in [0.717, 1.165) is 5.69 Å². The summed E-state index contributed by atoms with van der Waals surface area (Å²) in [6, 6.07) is 6.86. The van der Waals surface area contributed by atoms with Crippen molar-refractivity contribution in [3.63, 3.8) is 0 Å². The van der Waals surface area contributed by atoms with Crippen LogP contribution in [0.15, 0.2) is 24.3 Å². The second-order valence-electron chi connectivity index (χ2n) is 4.74. The minimum absolute atomic E-state index is 0.244. The van der Waals surface area contributed by atoms with E-state index in [0.29, 0.717) is 28.7 Å². The molecule has 0 aliphatic heterocycles. The summed E-state index contributed by atoms with van der Waals surface area (Å²) in [5.74, 6) is 1.63. The molecule has 6 heteroatoms. The van der Waals surface area contributed by atoms with Crippen LogP contribution in [0.5, 0.6) is 0 Å². The highest BCUT2D eigenvalue weighted by Crippen LogP contribution is 2.20. The fourth-order valence-corrected chi connectivity index (χ4v) is 1.99. The minimum Gasteiger partial charge on any atom is -0.340 e. The molecule has 20 heavy (non-hydrogen) atoms. The zero-order chi connectivity index (χ0) is 14.3. The van der Waals surface area contributed by atoms with Crippen LogP contribution in [0.1, 0.15) is 17.1 Å². The molecule has 0 radical (unpaired) electrons. The highest BCUT2D eigenvalue weighted by atomic mass is 19.1. The molecule has 0 saturated heterocycles. The van der Waals surface area contributed by atoms with Gasteiger partial charge in [0.05, 0.1) is 0 Å². The predicted molar refractivity (Wildman–Crippen MR) is 74.7 cm³/mol. The van der Waals surface area contributed by atoms with E-state index in [-0.39, 0.29) is 5.82 Å². The van der Waals surface area contributed by atoms with E-state index < -0.39 is 0 Å². The van der Waals surface area contributed by atoms with Gasteiger partial charge in [-0.3, -0.25) is 0 Å². The van der Waals surface area contributed by atoms with Gasteiger partial charge in [-0.15, -0.1) is 5.10 Å². The Labute approximate surface area is 115 Å². The van der Waals surface area contributed by atoms with Gasteiger partial charge in [0.1, 0.15) is 17.5 Å². The summed E-state index contributed by atoms with van der Waals surface area (Å²) in [6.45, 7) is 5.42. The molecule has 0 saturated carbocycles. The average molecular weight is 271 g/mol. The van der Waals surface area contributed by atoms with Crippen molar-refractivity contribution >= 4 is 17.3 Å². The summed E-state index contributed by atoms with van der Waals surface area (Å²) in [5.41, 5.74) is 2.09. The largest absolute Gasteiger partial charge is 0.340 e. The Morgan fingerprint density at radius 1 is 1.10 bits per heavy atom. The van der Waals surface area contributed by atoms with Gasteiger partial charge in [-0.25, -0.2) is 9.37 Å². The SMILES string of the molecule is Cc1cc(Nc2ccc(C)c(F)c2)n2nc(C)nc2n1. The molecule has 0 unspecified atom stereocenters. The van der Waals surface area contributed by atoms with Crippen LogP contribution in [0.3, 0.4) is 0 Å². The Morgan fingerprint density at radius 2 is 1.90 bits per heavy atom. The van der Waals surface area contributed by atoms with Crippen molar-refractivity contribution in [2.45, 2.75) is 20.8 Å². The lowest BCUT2D eigenvalue weighted by Crippen LogP contribution is -2.03. The Morgan fingerprint density at radius 3 is 2.65 bits per heavy atom. The maximum absolute atomic E-state index is 13.6. The Balaban J connectivity index is 2.07. The van der Waals surface area contributed by atoms with Crippen LogP contribution in [0.2, 0.25) is 0 Å². The molecular formula is C14H14FN5. The maximum Gasteiger partial charge on any atom is 0.254 e. The number of halogens is 1. The van der Waals surface area contributed by atoms with Gasteiger partial charge in [0.15, 0.2) is 0 Å². The number of rotatable bonds is 2. The summed E-state index contributed by atoms with van der Waals surface area (Å²) in [5, 5.41) is 7.43. The van der Waals surface area contributed by atoms with Crippen molar-refractivity contribution in [2.24, 2.45) is 0 Å². The first-order valence-electron chi connectivity index (χ1n) is 6.27. The van der Waals surface area contributed by atoms with E-state index in [1.807, 2.05) is 19.1 Å². The van der Waals surface area contributed by atoms with Crippen LogP contribution in [-0.2, 0) is 0 Å². The number of benzene rings is 1. The van der Waals surface area contributed by atoms with Gasteiger partial charge in [-0.1, -0.05) is 6.07 Å². The van der Waals surface area contributed by atoms with Crippen molar-refractivity contribution in [3.05, 3.63) is 47.2 Å². The van der Waals surface area contributed by atoms with Gasteiger partial charge in [0, 0.05) is 17.4 Å².